The second-order valence-electron chi connectivity index (χ2n) is 12.5. The summed E-state index contributed by atoms with van der Waals surface area (Å²) in [7, 11) is 0. The van der Waals surface area contributed by atoms with E-state index in [1.807, 2.05) is 0 Å². The summed E-state index contributed by atoms with van der Waals surface area (Å²) >= 11 is 0. The summed E-state index contributed by atoms with van der Waals surface area (Å²) in [5.74, 6) is 1.88. The Bertz CT molecular complexity index is 646. The number of rotatable bonds is 24. The van der Waals surface area contributed by atoms with Crippen molar-refractivity contribution in [1.82, 2.24) is 31.9 Å². The molecular formula is C34H64N6. The lowest BCUT2D eigenvalue weighted by molar-refractivity contribution is 0.342. The average molecular weight is 557 g/mol. The molecule has 0 radical (unpaired) electrons. The van der Waals surface area contributed by atoms with Crippen molar-refractivity contribution in [1.29, 1.82) is 0 Å². The average Bonchev–Trinajstić information content (AvgIpc) is 3.00. The zero-order valence-electron chi connectivity index (χ0n) is 25.8. The van der Waals surface area contributed by atoms with Gasteiger partial charge in [-0.25, -0.2) is 0 Å². The molecule has 2 fully saturated rings. The van der Waals surface area contributed by atoms with Gasteiger partial charge in [-0.1, -0.05) is 62.8 Å². The van der Waals surface area contributed by atoms with Crippen LogP contribution < -0.4 is 31.9 Å². The summed E-state index contributed by atoms with van der Waals surface area (Å²) in [4.78, 5) is 0. The molecule has 40 heavy (non-hydrogen) atoms. The Morgan fingerprint density at radius 2 is 0.825 bits per heavy atom. The van der Waals surface area contributed by atoms with Crippen LogP contribution in [0.4, 0.5) is 0 Å². The van der Waals surface area contributed by atoms with E-state index < -0.39 is 0 Å². The van der Waals surface area contributed by atoms with Gasteiger partial charge < -0.3 is 31.9 Å². The zero-order valence-corrected chi connectivity index (χ0v) is 25.8. The van der Waals surface area contributed by atoms with E-state index in [4.69, 9.17) is 0 Å². The van der Waals surface area contributed by atoms with Crippen molar-refractivity contribution in [2.45, 2.75) is 103 Å². The molecule has 6 heteroatoms. The Labute approximate surface area is 247 Å². The summed E-state index contributed by atoms with van der Waals surface area (Å²) in [5.41, 5.74) is 2.77. The number of hydrogen-bond acceptors (Lipinski definition) is 6. The van der Waals surface area contributed by atoms with Crippen LogP contribution in [0.15, 0.2) is 24.3 Å². The van der Waals surface area contributed by atoms with Crippen molar-refractivity contribution in [2.24, 2.45) is 11.8 Å². The third kappa shape index (κ3) is 17.1. The van der Waals surface area contributed by atoms with Crippen LogP contribution >= 0.6 is 0 Å². The Morgan fingerprint density at radius 3 is 1.25 bits per heavy atom. The number of nitrogens with one attached hydrogen (secondary N) is 6. The van der Waals surface area contributed by atoms with Gasteiger partial charge in [0.1, 0.15) is 0 Å². The molecule has 0 bridgehead atoms. The van der Waals surface area contributed by atoms with E-state index in [1.54, 1.807) is 0 Å². The van der Waals surface area contributed by atoms with E-state index in [0.29, 0.717) is 0 Å². The van der Waals surface area contributed by atoms with Crippen LogP contribution in [0.1, 0.15) is 101 Å². The SMILES string of the molecule is c1cc(CNCCCNCCCNCC2CCCCC2)cc(CNCCCNCCCNCC2CCCCC2)c1. The quantitative estimate of drug-likeness (QED) is 0.101. The molecule has 0 heterocycles. The fourth-order valence-electron chi connectivity index (χ4n) is 6.31. The maximum Gasteiger partial charge on any atom is 0.0205 e. The zero-order chi connectivity index (χ0) is 27.8. The molecule has 0 unspecified atom stereocenters. The summed E-state index contributed by atoms with van der Waals surface area (Å²) in [5, 5.41) is 21.8. The largest absolute Gasteiger partial charge is 0.317 e. The van der Waals surface area contributed by atoms with E-state index in [9.17, 15) is 0 Å². The standard InChI is InChI=1S/C34H64N6/c1-3-12-31(13-4-1)27-37-22-8-18-35-20-10-24-39-29-33-16-7-17-34(26-33)30-40-25-11-21-36-19-9-23-38-28-32-14-5-2-6-15-32/h7,16-17,26,31-32,35-40H,1-6,8-15,18-25,27-30H2. The minimum Gasteiger partial charge on any atom is -0.317 e. The van der Waals surface area contributed by atoms with Gasteiger partial charge in [0.15, 0.2) is 0 Å². The minimum absolute atomic E-state index is 0.940. The topological polar surface area (TPSA) is 72.2 Å². The molecule has 0 atom stereocenters. The summed E-state index contributed by atoms with van der Waals surface area (Å²) in [6.45, 7) is 13.3. The fourth-order valence-corrected chi connectivity index (χ4v) is 6.31. The van der Waals surface area contributed by atoms with Gasteiger partial charge in [0.2, 0.25) is 0 Å². The van der Waals surface area contributed by atoms with Crippen molar-refractivity contribution in [3.05, 3.63) is 35.4 Å². The Balaban J connectivity index is 1.05. The summed E-state index contributed by atoms with van der Waals surface area (Å²) in [6, 6.07) is 9.02. The molecule has 0 aliphatic heterocycles. The second-order valence-corrected chi connectivity index (χ2v) is 12.5. The predicted octanol–water partition coefficient (Wildman–Crippen LogP) is 4.95. The maximum atomic E-state index is 3.67. The normalized spacial score (nSPS) is 17.0. The molecule has 0 saturated heterocycles. The lowest BCUT2D eigenvalue weighted by Crippen LogP contribution is -2.28. The maximum absolute atomic E-state index is 3.67. The van der Waals surface area contributed by atoms with Gasteiger partial charge >= 0.3 is 0 Å². The molecule has 6 nitrogen and oxygen atoms in total. The van der Waals surface area contributed by atoms with Crippen LogP contribution in [0.5, 0.6) is 0 Å². The van der Waals surface area contributed by atoms with E-state index in [1.165, 1.54) is 114 Å². The van der Waals surface area contributed by atoms with Crippen molar-refractivity contribution in [3.63, 3.8) is 0 Å². The van der Waals surface area contributed by atoms with Gasteiger partial charge in [-0.15, -0.1) is 0 Å². The molecule has 0 aromatic heterocycles. The predicted molar refractivity (Wildman–Crippen MR) is 173 cm³/mol. The van der Waals surface area contributed by atoms with E-state index in [0.717, 1.165) is 77.3 Å². The molecule has 0 amide bonds. The van der Waals surface area contributed by atoms with Crippen LogP contribution in [0.3, 0.4) is 0 Å². The third-order valence-electron chi connectivity index (χ3n) is 8.79. The first-order chi connectivity index (χ1) is 19.9. The molecule has 230 valence electrons. The van der Waals surface area contributed by atoms with Crippen molar-refractivity contribution in [3.8, 4) is 0 Å². The number of benzene rings is 1. The van der Waals surface area contributed by atoms with E-state index >= 15 is 0 Å². The van der Waals surface area contributed by atoms with Crippen molar-refractivity contribution in [2.75, 3.05) is 65.4 Å². The highest BCUT2D eigenvalue weighted by Crippen LogP contribution is 2.23. The van der Waals surface area contributed by atoms with Gasteiger partial charge in [0.05, 0.1) is 0 Å². The van der Waals surface area contributed by atoms with Crippen molar-refractivity contribution < 1.29 is 0 Å². The monoisotopic (exact) mass is 557 g/mol. The highest BCUT2D eigenvalue weighted by atomic mass is 14.9. The van der Waals surface area contributed by atoms with Crippen LogP contribution in [-0.4, -0.2) is 65.4 Å². The van der Waals surface area contributed by atoms with Gasteiger partial charge in [0.25, 0.3) is 0 Å². The van der Waals surface area contributed by atoms with Gasteiger partial charge in [0, 0.05) is 13.1 Å². The Hall–Kier alpha value is -1.02. The summed E-state index contributed by atoms with van der Waals surface area (Å²) in [6.07, 6.45) is 19.3. The first kappa shape index (κ1) is 33.5. The van der Waals surface area contributed by atoms with E-state index in [-0.39, 0.29) is 0 Å². The second kappa shape index (κ2) is 23.5. The van der Waals surface area contributed by atoms with Crippen molar-refractivity contribution >= 4 is 0 Å². The van der Waals surface area contributed by atoms with E-state index in [2.05, 4.69) is 56.2 Å². The number of hydrogen-bond donors (Lipinski definition) is 6. The fraction of sp³-hybridized carbons (Fsp3) is 0.824. The molecule has 2 aliphatic rings. The van der Waals surface area contributed by atoms with Crippen LogP contribution in [0, 0.1) is 11.8 Å². The van der Waals surface area contributed by atoms with Crippen LogP contribution in [0.25, 0.3) is 0 Å². The molecule has 2 saturated carbocycles. The van der Waals surface area contributed by atoms with Gasteiger partial charge in [-0.2, -0.15) is 0 Å². The third-order valence-corrected chi connectivity index (χ3v) is 8.79. The molecule has 2 aliphatic carbocycles. The molecule has 6 N–H and O–H groups in total. The molecule has 0 spiro atoms. The van der Waals surface area contributed by atoms with Gasteiger partial charge in [-0.3, -0.25) is 0 Å². The smallest absolute Gasteiger partial charge is 0.0205 e. The molecular weight excluding hydrogens is 492 g/mol. The molecule has 1 aromatic carbocycles. The first-order valence-corrected chi connectivity index (χ1v) is 17.2. The minimum atomic E-state index is 0.940. The van der Waals surface area contributed by atoms with Gasteiger partial charge in [-0.05, 0) is 140 Å². The molecule has 3 rings (SSSR count). The van der Waals surface area contributed by atoms with Crippen LogP contribution in [0.2, 0.25) is 0 Å². The summed E-state index contributed by atoms with van der Waals surface area (Å²) < 4.78 is 0. The Morgan fingerprint density at radius 1 is 0.450 bits per heavy atom. The highest BCUT2D eigenvalue weighted by molar-refractivity contribution is 5.23. The van der Waals surface area contributed by atoms with Crippen LogP contribution in [-0.2, 0) is 13.1 Å². The molecule has 1 aromatic rings. The lowest BCUT2D eigenvalue weighted by Gasteiger charge is -2.21. The first-order valence-electron chi connectivity index (χ1n) is 17.2. The Kier molecular flexibility index (Phi) is 19.7. The highest BCUT2D eigenvalue weighted by Gasteiger charge is 2.13. The lowest BCUT2D eigenvalue weighted by atomic mass is 9.89.